The Morgan fingerprint density at radius 1 is 1.10 bits per heavy atom. The van der Waals surface area contributed by atoms with Gasteiger partial charge < -0.3 is 10.0 Å². The van der Waals surface area contributed by atoms with Crippen molar-refractivity contribution in [1.29, 1.82) is 0 Å². The summed E-state index contributed by atoms with van der Waals surface area (Å²) in [5, 5.41) is 9.32. The zero-order valence-electron chi connectivity index (χ0n) is 16.8. The molecule has 0 atom stereocenters. The number of nitrogens with one attached hydrogen (secondary N) is 1. The number of aromatic nitrogens is 1. The van der Waals surface area contributed by atoms with E-state index in [1.165, 1.54) is 12.3 Å². The highest BCUT2D eigenvalue weighted by Crippen LogP contribution is 2.29. The number of carboxylic acids is 1. The molecule has 7 nitrogen and oxygen atoms in total. The minimum absolute atomic E-state index is 0.0589. The van der Waals surface area contributed by atoms with Gasteiger partial charge in [0.05, 0.1) is 16.1 Å². The predicted octanol–water partition coefficient (Wildman–Crippen LogP) is 4.08. The van der Waals surface area contributed by atoms with Crippen molar-refractivity contribution in [2.75, 3.05) is 22.7 Å². The van der Waals surface area contributed by atoms with Crippen LogP contribution in [-0.2, 0) is 10.0 Å². The number of benzene rings is 1. The van der Waals surface area contributed by atoms with Gasteiger partial charge in [-0.05, 0) is 42.5 Å². The molecule has 0 unspecified atom stereocenters. The molecule has 1 aliphatic heterocycles. The lowest BCUT2D eigenvalue weighted by molar-refractivity contribution is 0.0696. The zero-order valence-corrected chi connectivity index (χ0v) is 17.6. The van der Waals surface area contributed by atoms with Gasteiger partial charge in [-0.3, -0.25) is 4.72 Å². The minimum Gasteiger partial charge on any atom is -0.478 e. The van der Waals surface area contributed by atoms with Crippen molar-refractivity contribution in [3.63, 3.8) is 0 Å². The highest BCUT2D eigenvalue weighted by atomic mass is 32.2. The molecule has 0 amide bonds. The Labute approximate surface area is 171 Å². The van der Waals surface area contributed by atoms with Gasteiger partial charge in [0.15, 0.2) is 5.82 Å². The highest BCUT2D eigenvalue weighted by molar-refractivity contribution is 7.92. The van der Waals surface area contributed by atoms with Crippen LogP contribution in [0.25, 0.3) is 0 Å². The Morgan fingerprint density at radius 3 is 2.28 bits per heavy atom. The van der Waals surface area contributed by atoms with Gasteiger partial charge in [-0.25, -0.2) is 18.2 Å². The van der Waals surface area contributed by atoms with Gasteiger partial charge in [-0.1, -0.05) is 38.8 Å². The second kappa shape index (κ2) is 8.82. The molecule has 1 aromatic carbocycles. The Hall–Kier alpha value is -2.61. The quantitative estimate of drug-likeness (QED) is 0.734. The van der Waals surface area contributed by atoms with Crippen LogP contribution in [0.3, 0.4) is 0 Å². The fraction of sp³-hybridized carbons (Fsp3) is 0.429. The maximum atomic E-state index is 13.0. The molecule has 0 radical (unpaired) electrons. The molecule has 2 heterocycles. The lowest BCUT2D eigenvalue weighted by Gasteiger charge is -2.24. The van der Waals surface area contributed by atoms with E-state index in [4.69, 9.17) is 0 Å². The van der Waals surface area contributed by atoms with E-state index in [-0.39, 0.29) is 16.1 Å². The maximum Gasteiger partial charge on any atom is 0.337 e. The van der Waals surface area contributed by atoms with E-state index in [1.54, 1.807) is 24.3 Å². The molecule has 3 rings (SSSR count). The monoisotopic (exact) mass is 417 g/mol. The molecule has 0 aliphatic carbocycles. The number of pyridine rings is 1. The van der Waals surface area contributed by atoms with Gasteiger partial charge in [0, 0.05) is 19.3 Å². The fourth-order valence-corrected chi connectivity index (χ4v) is 4.47. The largest absolute Gasteiger partial charge is 0.478 e. The van der Waals surface area contributed by atoms with Crippen LogP contribution < -0.4 is 9.62 Å². The van der Waals surface area contributed by atoms with Crippen molar-refractivity contribution >= 4 is 27.5 Å². The van der Waals surface area contributed by atoms with Crippen LogP contribution in [0.2, 0.25) is 0 Å². The van der Waals surface area contributed by atoms with Crippen molar-refractivity contribution in [2.24, 2.45) is 0 Å². The molecule has 156 valence electrons. The summed E-state index contributed by atoms with van der Waals surface area (Å²) >= 11 is 0. The molecule has 0 spiro atoms. The lowest BCUT2D eigenvalue weighted by Crippen LogP contribution is -2.27. The molecular weight excluding hydrogens is 390 g/mol. The second-order valence-electron chi connectivity index (χ2n) is 7.63. The van der Waals surface area contributed by atoms with Crippen LogP contribution in [0.4, 0.5) is 11.5 Å². The van der Waals surface area contributed by atoms with Gasteiger partial charge in [0.25, 0.3) is 10.0 Å². The van der Waals surface area contributed by atoms with E-state index in [0.29, 0.717) is 11.7 Å². The second-order valence-corrected chi connectivity index (χ2v) is 9.31. The summed E-state index contributed by atoms with van der Waals surface area (Å²) in [6.07, 6.45) is 5.49. The van der Waals surface area contributed by atoms with Crippen molar-refractivity contribution in [3.05, 3.63) is 47.7 Å². The third-order valence-electron chi connectivity index (χ3n) is 5.12. The Balaban J connectivity index is 1.96. The van der Waals surface area contributed by atoms with Gasteiger partial charge in [-0.15, -0.1) is 0 Å². The van der Waals surface area contributed by atoms with Crippen LogP contribution in [0.15, 0.2) is 41.4 Å². The van der Waals surface area contributed by atoms with Crippen molar-refractivity contribution < 1.29 is 18.3 Å². The first kappa shape index (κ1) is 21.1. The van der Waals surface area contributed by atoms with Crippen molar-refractivity contribution in [2.45, 2.75) is 50.3 Å². The number of aromatic carboxylic acids is 1. The van der Waals surface area contributed by atoms with Gasteiger partial charge >= 0.3 is 5.97 Å². The number of sulfonamides is 1. The summed E-state index contributed by atoms with van der Waals surface area (Å²) < 4.78 is 28.5. The molecule has 2 N–H and O–H groups in total. The van der Waals surface area contributed by atoms with Crippen LogP contribution >= 0.6 is 0 Å². The van der Waals surface area contributed by atoms with Crippen LogP contribution in [0.5, 0.6) is 0 Å². The first-order valence-electron chi connectivity index (χ1n) is 9.89. The number of carboxylic acid groups (broad SMARTS) is 1. The van der Waals surface area contributed by atoms with E-state index in [1.807, 2.05) is 18.7 Å². The Bertz CT molecular complexity index is 964. The SMILES string of the molecule is CC(C)c1ccc(S(=O)(=O)Nc2cc(C(=O)O)cnc2N2CCCCCC2)cc1. The number of hydrogen-bond donors (Lipinski definition) is 2. The minimum atomic E-state index is -3.88. The van der Waals surface area contributed by atoms with E-state index >= 15 is 0 Å². The molecule has 1 aliphatic rings. The summed E-state index contributed by atoms with van der Waals surface area (Å²) in [4.78, 5) is 17.9. The lowest BCUT2D eigenvalue weighted by atomic mass is 10.0. The standard InChI is InChI=1S/C21H27N3O4S/c1-15(2)16-7-9-18(10-8-16)29(27,28)23-19-13-17(21(25)26)14-22-20(19)24-11-5-3-4-6-12-24/h7-10,13-15,23H,3-6,11-12H2,1-2H3,(H,25,26). The molecule has 0 saturated carbocycles. The summed E-state index contributed by atoms with van der Waals surface area (Å²) in [6.45, 7) is 5.60. The first-order chi connectivity index (χ1) is 13.8. The third kappa shape index (κ3) is 5.06. The number of nitrogens with zero attached hydrogens (tertiary/aromatic N) is 2. The molecule has 1 aromatic heterocycles. The Morgan fingerprint density at radius 2 is 1.72 bits per heavy atom. The van der Waals surface area contributed by atoms with Crippen molar-refractivity contribution in [3.8, 4) is 0 Å². The van der Waals surface area contributed by atoms with E-state index in [9.17, 15) is 18.3 Å². The first-order valence-corrected chi connectivity index (χ1v) is 11.4. The summed E-state index contributed by atoms with van der Waals surface area (Å²) in [5.41, 5.74) is 1.18. The number of anilines is 2. The maximum absolute atomic E-state index is 13.0. The van der Waals surface area contributed by atoms with E-state index in [0.717, 1.165) is 44.3 Å². The summed E-state index contributed by atoms with van der Waals surface area (Å²) in [7, 11) is -3.88. The molecule has 1 saturated heterocycles. The number of hydrogen-bond acceptors (Lipinski definition) is 5. The molecule has 2 aromatic rings. The molecule has 0 bridgehead atoms. The van der Waals surface area contributed by atoms with Crippen molar-refractivity contribution in [1.82, 2.24) is 4.98 Å². The molecule has 8 heteroatoms. The molecular formula is C21H27N3O4S. The van der Waals surface area contributed by atoms with E-state index < -0.39 is 16.0 Å². The molecule has 1 fully saturated rings. The van der Waals surface area contributed by atoms with Gasteiger partial charge in [-0.2, -0.15) is 0 Å². The van der Waals surface area contributed by atoms with E-state index in [2.05, 4.69) is 9.71 Å². The van der Waals surface area contributed by atoms with Gasteiger partial charge in [0.2, 0.25) is 0 Å². The van der Waals surface area contributed by atoms with Crippen LogP contribution in [0.1, 0.15) is 61.4 Å². The van der Waals surface area contributed by atoms with Crippen LogP contribution in [-0.4, -0.2) is 37.6 Å². The summed E-state index contributed by atoms with van der Waals surface area (Å²) in [6, 6.07) is 8.06. The summed E-state index contributed by atoms with van der Waals surface area (Å²) in [5.74, 6) is -0.383. The third-order valence-corrected chi connectivity index (χ3v) is 6.50. The average molecular weight is 418 g/mol. The number of rotatable bonds is 6. The van der Waals surface area contributed by atoms with Crippen LogP contribution in [0, 0.1) is 0 Å². The predicted molar refractivity (Wildman–Crippen MR) is 113 cm³/mol. The average Bonchev–Trinajstić information content (AvgIpc) is 2.97. The number of carbonyl (C=O) groups is 1. The highest BCUT2D eigenvalue weighted by Gasteiger charge is 2.22. The molecule has 29 heavy (non-hydrogen) atoms. The Kier molecular flexibility index (Phi) is 6.42. The smallest absolute Gasteiger partial charge is 0.337 e. The van der Waals surface area contributed by atoms with Gasteiger partial charge in [0.1, 0.15) is 0 Å². The zero-order chi connectivity index (χ0) is 21.0. The topological polar surface area (TPSA) is 99.6 Å². The normalized spacial score (nSPS) is 15.2. The fourth-order valence-electron chi connectivity index (χ4n) is 3.42.